The molecule has 1 fully saturated rings. The van der Waals surface area contributed by atoms with E-state index in [0.29, 0.717) is 19.6 Å². The highest BCUT2D eigenvalue weighted by atomic mass is 16.5. The fraction of sp³-hybridized carbons (Fsp3) is 0.650. The Hall–Kier alpha value is -1.99. The van der Waals surface area contributed by atoms with Gasteiger partial charge in [-0.1, -0.05) is 6.92 Å². The third kappa shape index (κ3) is 7.27. The van der Waals surface area contributed by atoms with Gasteiger partial charge >= 0.3 is 0 Å². The molecule has 0 saturated heterocycles. The van der Waals surface area contributed by atoms with Crippen LogP contribution in [-0.2, 0) is 25.5 Å². The van der Waals surface area contributed by atoms with Crippen LogP contribution in [-0.4, -0.2) is 55.8 Å². The van der Waals surface area contributed by atoms with E-state index in [1.807, 2.05) is 19.1 Å². The first-order chi connectivity index (χ1) is 13.1. The van der Waals surface area contributed by atoms with Crippen LogP contribution in [0.5, 0.6) is 0 Å². The van der Waals surface area contributed by atoms with Crippen molar-refractivity contribution in [2.24, 2.45) is 5.92 Å². The summed E-state index contributed by atoms with van der Waals surface area (Å²) in [6.45, 7) is 3.31. The average Bonchev–Trinajstić information content (AvgIpc) is 2.68. The van der Waals surface area contributed by atoms with E-state index in [4.69, 9.17) is 9.47 Å². The summed E-state index contributed by atoms with van der Waals surface area (Å²) >= 11 is 0. The molecule has 3 atom stereocenters. The Labute approximate surface area is 161 Å². The number of nitrogens with one attached hydrogen (secondary N) is 2. The summed E-state index contributed by atoms with van der Waals surface area (Å²) in [5.74, 6) is -0.163. The molecule has 150 valence electrons. The highest BCUT2D eigenvalue weighted by molar-refractivity contribution is 5.79. The molecule has 0 aromatic carbocycles. The second-order valence-electron chi connectivity index (χ2n) is 6.92. The second-order valence-corrected chi connectivity index (χ2v) is 6.92. The molecule has 27 heavy (non-hydrogen) atoms. The van der Waals surface area contributed by atoms with E-state index in [1.54, 1.807) is 12.4 Å². The zero-order chi connectivity index (χ0) is 19.5. The number of pyridine rings is 1. The van der Waals surface area contributed by atoms with E-state index in [2.05, 4.69) is 15.6 Å². The molecule has 1 aliphatic rings. The maximum Gasteiger partial charge on any atom is 0.246 e. The average molecular weight is 377 g/mol. The molecule has 7 nitrogen and oxygen atoms in total. The van der Waals surface area contributed by atoms with Crippen molar-refractivity contribution >= 4 is 11.8 Å². The van der Waals surface area contributed by atoms with Gasteiger partial charge in [-0.25, -0.2) is 0 Å². The van der Waals surface area contributed by atoms with Crippen molar-refractivity contribution in [3.05, 3.63) is 30.1 Å². The van der Waals surface area contributed by atoms with Crippen molar-refractivity contribution in [1.82, 2.24) is 15.6 Å². The molecule has 1 aromatic rings. The quantitative estimate of drug-likeness (QED) is 0.644. The Balaban J connectivity index is 1.83. The topological polar surface area (TPSA) is 89.5 Å². The van der Waals surface area contributed by atoms with Gasteiger partial charge in [0.1, 0.15) is 6.61 Å². The van der Waals surface area contributed by atoms with Crippen molar-refractivity contribution in [2.75, 3.05) is 26.9 Å². The molecule has 2 amide bonds. The molecular weight excluding hydrogens is 346 g/mol. The SMILES string of the molecule is CCCO[C@@H]1C[C@@H](C(=O)NCCc2ccncc2)CC[C@H]1NC(=O)COC. The predicted octanol–water partition coefficient (Wildman–Crippen LogP) is 1.47. The van der Waals surface area contributed by atoms with E-state index in [9.17, 15) is 9.59 Å². The first kappa shape index (κ1) is 21.3. The van der Waals surface area contributed by atoms with Crippen molar-refractivity contribution < 1.29 is 19.1 Å². The van der Waals surface area contributed by atoms with Crippen LogP contribution in [0.25, 0.3) is 0 Å². The molecule has 0 unspecified atom stereocenters. The van der Waals surface area contributed by atoms with Crippen molar-refractivity contribution in [2.45, 2.75) is 51.2 Å². The van der Waals surface area contributed by atoms with Gasteiger partial charge in [-0.15, -0.1) is 0 Å². The minimum atomic E-state index is -0.146. The van der Waals surface area contributed by atoms with Crippen LogP contribution in [0.3, 0.4) is 0 Å². The number of ether oxygens (including phenoxy) is 2. The van der Waals surface area contributed by atoms with E-state index in [0.717, 1.165) is 31.2 Å². The minimum Gasteiger partial charge on any atom is -0.376 e. The molecular formula is C20H31N3O4. The first-order valence-corrected chi connectivity index (χ1v) is 9.70. The summed E-state index contributed by atoms with van der Waals surface area (Å²) in [7, 11) is 1.50. The van der Waals surface area contributed by atoms with Gasteiger partial charge in [0.25, 0.3) is 0 Å². The van der Waals surface area contributed by atoms with E-state index in [1.165, 1.54) is 7.11 Å². The number of rotatable bonds is 10. The van der Waals surface area contributed by atoms with Crippen LogP contribution in [0.2, 0.25) is 0 Å². The lowest BCUT2D eigenvalue weighted by atomic mass is 9.83. The number of carbonyl (C=O) groups is 2. The first-order valence-electron chi connectivity index (χ1n) is 9.70. The largest absolute Gasteiger partial charge is 0.376 e. The lowest BCUT2D eigenvalue weighted by Gasteiger charge is -2.35. The lowest BCUT2D eigenvalue weighted by molar-refractivity contribution is -0.130. The smallest absolute Gasteiger partial charge is 0.246 e. The maximum atomic E-state index is 12.6. The number of aromatic nitrogens is 1. The number of nitrogens with zero attached hydrogens (tertiary/aromatic N) is 1. The minimum absolute atomic E-state index is 0.0376. The van der Waals surface area contributed by atoms with Gasteiger partial charge in [0.2, 0.25) is 11.8 Å². The van der Waals surface area contributed by atoms with Gasteiger partial charge in [0.15, 0.2) is 0 Å². The van der Waals surface area contributed by atoms with Crippen molar-refractivity contribution in [3.63, 3.8) is 0 Å². The molecule has 0 spiro atoms. The van der Waals surface area contributed by atoms with Crippen LogP contribution in [0.4, 0.5) is 0 Å². The molecule has 2 rings (SSSR count). The normalized spacial score (nSPS) is 22.2. The Bertz CT molecular complexity index is 582. The van der Waals surface area contributed by atoms with Gasteiger partial charge in [-0.2, -0.15) is 0 Å². The highest BCUT2D eigenvalue weighted by Crippen LogP contribution is 2.27. The zero-order valence-corrected chi connectivity index (χ0v) is 16.3. The number of carbonyl (C=O) groups excluding carboxylic acids is 2. The van der Waals surface area contributed by atoms with E-state index >= 15 is 0 Å². The van der Waals surface area contributed by atoms with Crippen LogP contribution in [0, 0.1) is 5.92 Å². The van der Waals surface area contributed by atoms with Crippen LogP contribution in [0.15, 0.2) is 24.5 Å². The summed E-state index contributed by atoms with van der Waals surface area (Å²) in [5.41, 5.74) is 1.15. The number of methoxy groups -OCH3 is 1. The predicted molar refractivity (Wildman–Crippen MR) is 102 cm³/mol. The molecule has 2 N–H and O–H groups in total. The molecule has 1 heterocycles. The van der Waals surface area contributed by atoms with E-state index < -0.39 is 0 Å². The lowest BCUT2D eigenvalue weighted by Crippen LogP contribution is -2.51. The molecule has 0 radical (unpaired) electrons. The summed E-state index contributed by atoms with van der Waals surface area (Å²) in [6, 6.07) is 3.84. The standard InChI is InChI=1S/C20H31N3O4/c1-3-12-27-18-13-16(4-5-17(18)23-19(24)14-26-2)20(25)22-11-8-15-6-9-21-10-7-15/h6-7,9-10,16-18H,3-5,8,11-14H2,1-2H3,(H,22,25)(H,23,24)/t16-,17+,18+/m0/s1. The fourth-order valence-electron chi connectivity index (χ4n) is 3.39. The summed E-state index contributed by atoms with van der Waals surface area (Å²) in [6.07, 6.45) is 7.15. The molecule has 0 aliphatic heterocycles. The van der Waals surface area contributed by atoms with Gasteiger partial charge in [0, 0.05) is 38.6 Å². The Morgan fingerprint density at radius 2 is 2.04 bits per heavy atom. The van der Waals surface area contributed by atoms with Crippen LogP contribution in [0.1, 0.15) is 38.2 Å². The second kappa shape index (κ2) is 11.7. The summed E-state index contributed by atoms with van der Waals surface area (Å²) in [5, 5.41) is 6.01. The highest BCUT2D eigenvalue weighted by Gasteiger charge is 2.35. The van der Waals surface area contributed by atoms with Crippen LogP contribution < -0.4 is 10.6 Å². The van der Waals surface area contributed by atoms with Crippen molar-refractivity contribution in [3.8, 4) is 0 Å². The summed E-state index contributed by atoms with van der Waals surface area (Å²) < 4.78 is 10.8. The van der Waals surface area contributed by atoms with Gasteiger partial charge < -0.3 is 20.1 Å². The number of hydrogen-bond donors (Lipinski definition) is 2. The monoisotopic (exact) mass is 377 g/mol. The molecule has 1 aliphatic carbocycles. The third-order valence-corrected chi connectivity index (χ3v) is 4.78. The molecule has 7 heteroatoms. The summed E-state index contributed by atoms with van der Waals surface area (Å²) in [4.78, 5) is 28.4. The van der Waals surface area contributed by atoms with Crippen LogP contribution >= 0.6 is 0 Å². The zero-order valence-electron chi connectivity index (χ0n) is 16.3. The Morgan fingerprint density at radius 3 is 2.74 bits per heavy atom. The number of amides is 2. The molecule has 1 saturated carbocycles. The number of hydrogen-bond acceptors (Lipinski definition) is 5. The van der Waals surface area contributed by atoms with Gasteiger partial charge in [-0.05, 0) is 49.8 Å². The van der Waals surface area contributed by atoms with Gasteiger partial charge in [0.05, 0.1) is 12.1 Å². The third-order valence-electron chi connectivity index (χ3n) is 4.78. The molecule has 0 bridgehead atoms. The Kier molecular flexibility index (Phi) is 9.21. The maximum absolute atomic E-state index is 12.6. The fourth-order valence-corrected chi connectivity index (χ4v) is 3.39. The molecule has 1 aromatic heterocycles. The van der Waals surface area contributed by atoms with Crippen molar-refractivity contribution in [1.29, 1.82) is 0 Å². The van der Waals surface area contributed by atoms with Gasteiger partial charge in [-0.3, -0.25) is 14.6 Å². The van der Waals surface area contributed by atoms with E-state index in [-0.39, 0.29) is 36.5 Å². The Morgan fingerprint density at radius 1 is 1.26 bits per heavy atom.